The smallest absolute Gasteiger partial charge is 0.111 e. The number of aromatic nitrogens is 1. The maximum atomic E-state index is 10.4. The molecule has 0 fully saturated rings. The third-order valence-electron chi connectivity index (χ3n) is 3.12. The van der Waals surface area contributed by atoms with Gasteiger partial charge in [-0.15, -0.1) is 11.3 Å². The van der Waals surface area contributed by atoms with E-state index in [4.69, 9.17) is 0 Å². The highest BCUT2D eigenvalue weighted by atomic mass is 32.1. The van der Waals surface area contributed by atoms with Crippen molar-refractivity contribution in [3.05, 3.63) is 27.2 Å². The van der Waals surface area contributed by atoms with Crippen LogP contribution in [0.2, 0.25) is 0 Å². The standard InChI is InChI=1S/C13H19NOS/c1-9-13(16-10(2)14-9)12(15)11-7-5-3-4-6-8-11/h7,12,15H,3-6,8H2,1-2H3. The topological polar surface area (TPSA) is 33.1 Å². The first-order chi connectivity index (χ1) is 7.68. The zero-order valence-electron chi connectivity index (χ0n) is 9.99. The molecule has 1 aliphatic carbocycles. The van der Waals surface area contributed by atoms with Crippen molar-refractivity contribution in [1.82, 2.24) is 4.98 Å². The quantitative estimate of drug-likeness (QED) is 0.796. The Morgan fingerprint density at radius 2 is 2.12 bits per heavy atom. The van der Waals surface area contributed by atoms with Crippen molar-refractivity contribution in [1.29, 1.82) is 0 Å². The molecule has 2 rings (SSSR count). The number of allylic oxidation sites excluding steroid dienone is 1. The van der Waals surface area contributed by atoms with Gasteiger partial charge in [0.1, 0.15) is 6.10 Å². The van der Waals surface area contributed by atoms with Crippen LogP contribution >= 0.6 is 11.3 Å². The van der Waals surface area contributed by atoms with Crippen molar-refractivity contribution in [2.24, 2.45) is 0 Å². The van der Waals surface area contributed by atoms with Gasteiger partial charge in [-0.1, -0.05) is 12.5 Å². The summed E-state index contributed by atoms with van der Waals surface area (Å²) < 4.78 is 0. The minimum absolute atomic E-state index is 0.413. The predicted molar refractivity (Wildman–Crippen MR) is 67.7 cm³/mol. The first-order valence-electron chi connectivity index (χ1n) is 5.99. The lowest BCUT2D eigenvalue weighted by atomic mass is 10.0. The van der Waals surface area contributed by atoms with E-state index in [1.807, 2.05) is 13.8 Å². The highest BCUT2D eigenvalue weighted by Gasteiger charge is 2.19. The summed E-state index contributed by atoms with van der Waals surface area (Å²) >= 11 is 1.62. The molecule has 1 unspecified atom stereocenters. The molecule has 88 valence electrons. The van der Waals surface area contributed by atoms with Gasteiger partial charge in [-0.3, -0.25) is 0 Å². The van der Waals surface area contributed by atoms with Crippen LogP contribution in [0.25, 0.3) is 0 Å². The molecule has 1 aliphatic rings. The van der Waals surface area contributed by atoms with Crippen LogP contribution in [0.3, 0.4) is 0 Å². The molecular weight excluding hydrogens is 218 g/mol. The van der Waals surface area contributed by atoms with Crippen LogP contribution in [0.1, 0.15) is 53.8 Å². The fourth-order valence-electron chi connectivity index (χ4n) is 2.26. The number of hydrogen-bond donors (Lipinski definition) is 1. The van der Waals surface area contributed by atoms with Crippen LogP contribution in [0.15, 0.2) is 11.6 Å². The van der Waals surface area contributed by atoms with E-state index in [-0.39, 0.29) is 0 Å². The van der Waals surface area contributed by atoms with Gasteiger partial charge >= 0.3 is 0 Å². The van der Waals surface area contributed by atoms with E-state index in [0.717, 1.165) is 28.4 Å². The van der Waals surface area contributed by atoms with Crippen molar-refractivity contribution in [2.45, 2.75) is 52.1 Å². The van der Waals surface area contributed by atoms with Gasteiger partial charge < -0.3 is 5.11 Å². The first-order valence-corrected chi connectivity index (χ1v) is 6.81. The molecule has 0 saturated heterocycles. The van der Waals surface area contributed by atoms with Crippen LogP contribution in [-0.4, -0.2) is 10.1 Å². The second kappa shape index (κ2) is 5.11. The van der Waals surface area contributed by atoms with Crippen LogP contribution in [-0.2, 0) is 0 Å². The van der Waals surface area contributed by atoms with Gasteiger partial charge in [0.15, 0.2) is 0 Å². The molecule has 0 amide bonds. The molecule has 1 aromatic heterocycles. The maximum absolute atomic E-state index is 10.4. The molecule has 2 nitrogen and oxygen atoms in total. The Kier molecular flexibility index (Phi) is 3.77. The number of aryl methyl sites for hydroxylation is 2. The Morgan fingerprint density at radius 3 is 2.81 bits per heavy atom. The van der Waals surface area contributed by atoms with Gasteiger partial charge in [-0.05, 0) is 45.1 Å². The third-order valence-corrected chi connectivity index (χ3v) is 4.24. The molecule has 1 aromatic rings. The van der Waals surface area contributed by atoms with Gasteiger partial charge in [0.05, 0.1) is 15.6 Å². The van der Waals surface area contributed by atoms with E-state index in [2.05, 4.69) is 11.1 Å². The van der Waals surface area contributed by atoms with Gasteiger partial charge in [-0.25, -0.2) is 4.98 Å². The summed E-state index contributed by atoms with van der Waals surface area (Å²) in [4.78, 5) is 5.41. The van der Waals surface area contributed by atoms with Crippen LogP contribution in [0.5, 0.6) is 0 Å². The number of hydrogen-bond acceptors (Lipinski definition) is 3. The van der Waals surface area contributed by atoms with Gasteiger partial charge in [0.2, 0.25) is 0 Å². The van der Waals surface area contributed by atoms with Crippen molar-refractivity contribution >= 4 is 11.3 Å². The molecule has 1 N–H and O–H groups in total. The van der Waals surface area contributed by atoms with Crippen molar-refractivity contribution in [3.63, 3.8) is 0 Å². The van der Waals surface area contributed by atoms with E-state index in [1.165, 1.54) is 24.8 Å². The monoisotopic (exact) mass is 237 g/mol. The summed E-state index contributed by atoms with van der Waals surface area (Å²) in [5.74, 6) is 0. The average Bonchev–Trinajstić information content (AvgIpc) is 2.49. The molecule has 0 aromatic carbocycles. The van der Waals surface area contributed by atoms with Crippen molar-refractivity contribution < 1.29 is 5.11 Å². The summed E-state index contributed by atoms with van der Waals surface area (Å²) in [7, 11) is 0. The minimum Gasteiger partial charge on any atom is -0.383 e. The molecule has 1 heterocycles. The Balaban J connectivity index is 2.20. The fraction of sp³-hybridized carbons (Fsp3) is 0.615. The molecule has 0 spiro atoms. The van der Waals surface area contributed by atoms with Crippen LogP contribution < -0.4 is 0 Å². The average molecular weight is 237 g/mol. The number of nitrogens with zero attached hydrogens (tertiary/aromatic N) is 1. The molecule has 0 aliphatic heterocycles. The summed E-state index contributed by atoms with van der Waals surface area (Å²) in [5, 5.41) is 11.4. The SMILES string of the molecule is Cc1nc(C)c(C(O)C2=CCCCCC2)s1. The highest BCUT2D eigenvalue weighted by Crippen LogP contribution is 2.33. The second-order valence-corrected chi connectivity index (χ2v) is 5.70. The number of rotatable bonds is 2. The Morgan fingerprint density at radius 1 is 1.31 bits per heavy atom. The third kappa shape index (κ3) is 2.53. The molecule has 0 saturated carbocycles. The summed E-state index contributed by atoms with van der Waals surface area (Å²) in [6.45, 7) is 3.98. The lowest BCUT2D eigenvalue weighted by Gasteiger charge is -2.13. The zero-order valence-corrected chi connectivity index (χ0v) is 10.8. The molecule has 0 radical (unpaired) electrons. The summed E-state index contributed by atoms with van der Waals surface area (Å²) in [5.41, 5.74) is 2.18. The number of aliphatic hydroxyl groups is 1. The maximum Gasteiger partial charge on any atom is 0.111 e. The number of thiazole rings is 1. The molecule has 16 heavy (non-hydrogen) atoms. The largest absolute Gasteiger partial charge is 0.383 e. The second-order valence-electron chi connectivity index (χ2n) is 4.46. The summed E-state index contributed by atoms with van der Waals surface area (Å²) in [6.07, 6.45) is 7.72. The van der Waals surface area contributed by atoms with Gasteiger partial charge in [0.25, 0.3) is 0 Å². The number of aliphatic hydroxyl groups excluding tert-OH is 1. The Hall–Kier alpha value is -0.670. The normalized spacial score (nSPS) is 19.1. The van der Waals surface area contributed by atoms with E-state index < -0.39 is 6.10 Å². The van der Waals surface area contributed by atoms with E-state index >= 15 is 0 Å². The van der Waals surface area contributed by atoms with E-state index in [0.29, 0.717) is 0 Å². The van der Waals surface area contributed by atoms with Crippen molar-refractivity contribution in [3.8, 4) is 0 Å². The first kappa shape index (κ1) is 11.8. The highest BCUT2D eigenvalue weighted by molar-refractivity contribution is 7.11. The molecule has 1 atom stereocenters. The van der Waals surface area contributed by atoms with Gasteiger partial charge in [0, 0.05) is 0 Å². The van der Waals surface area contributed by atoms with Crippen LogP contribution in [0.4, 0.5) is 0 Å². The predicted octanol–water partition coefficient (Wildman–Crippen LogP) is 3.68. The molecular formula is C13H19NOS. The molecule has 3 heteroatoms. The van der Waals surface area contributed by atoms with E-state index in [9.17, 15) is 5.11 Å². The Labute approximate surface area is 101 Å². The lowest BCUT2D eigenvalue weighted by molar-refractivity contribution is 0.213. The van der Waals surface area contributed by atoms with Crippen molar-refractivity contribution in [2.75, 3.05) is 0 Å². The summed E-state index contributed by atoms with van der Waals surface area (Å²) in [6, 6.07) is 0. The van der Waals surface area contributed by atoms with Gasteiger partial charge in [-0.2, -0.15) is 0 Å². The lowest BCUT2D eigenvalue weighted by Crippen LogP contribution is -2.01. The molecule has 0 bridgehead atoms. The van der Waals surface area contributed by atoms with Crippen LogP contribution in [0, 0.1) is 13.8 Å². The Bertz CT molecular complexity index is 395. The fourth-order valence-corrected chi connectivity index (χ4v) is 3.21. The minimum atomic E-state index is -0.413. The zero-order chi connectivity index (χ0) is 11.5. The van der Waals surface area contributed by atoms with E-state index in [1.54, 1.807) is 11.3 Å².